The second kappa shape index (κ2) is 9.69. The van der Waals surface area contributed by atoms with E-state index in [1.54, 1.807) is 23.5 Å². The van der Waals surface area contributed by atoms with Crippen molar-refractivity contribution in [2.24, 2.45) is 4.99 Å². The lowest BCUT2D eigenvalue weighted by Gasteiger charge is -2.32. The van der Waals surface area contributed by atoms with Gasteiger partial charge in [0.05, 0.1) is 5.57 Å². The van der Waals surface area contributed by atoms with Crippen LogP contribution in [0.15, 0.2) is 81.7 Å². The molecule has 7 heteroatoms. The Hall–Kier alpha value is -3.19. The summed E-state index contributed by atoms with van der Waals surface area (Å²) in [5, 5.41) is 4.31. The molecule has 0 saturated carbocycles. The molecule has 3 atom stereocenters. The number of likely N-dealkylation sites (tertiary alicyclic amines) is 2. The number of nitrogens with zero attached hydrogens (tertiary/aromatic N) is 3. The number of hydrogen-bond donors (Lipinski definition) is 0. The van der Waals surface area contributed by atoms with Gasteiger partial charge < -0.3 is 14.5 Å². The zero-order valence-electron chi connectivity index (χ0n) is 20.3. The molecular formula is C29H30FN3O2S. The first kappa shape index (κ1) is 23.2. The van der Waals surface area contributed by atoms with Crippen molar-refractivity contribution in [1.82, 2.24) is 9.80 Å². The van der Waals surface area contributed by atoms with Gasteiger partial charge in [0, 0.05) is 45.2 Å². The van der Waals surface area contributed by atoms with Crippen LogP contribution in [0.4, 0.5) is 4.39 Å². The van der Waals surface area contributed by atoms with E-state index in [0.717, 1.165) is 25.9 Å². The molecule has 1 aromatic heterocycles. The van der Waals surface area contributed by atoms with Gasteiger partial charge in [-0.1, -0.05) is 24.3 Å². The predicted octanol–water partition coefficient (Wildman–Crippen LogP) is 5.26. The summed E-state index contributed by atoms with van der Waals surface area (Å²) in [6, 6.07) is 9.02. The second-order valence-corrected chi connectivity index (χ2v) is 10.8. The summed E-state index contributed by atoms with van der Waals surface area (Å²) in [5.41, 5.74) is 4.46. The topological polar surface area (TPSA) is 45.1 Å². The fourth-order valence-corrected chi connectivity index (χ4v) is 6.55. The molecule has 36 heavy (non-hydrogen) atoms. The highest BCUT2D eigenvalue weighted by atomic mass is 32.1. The second-order valence-electron chi connectivity index (χ2n) is 10.0. The first-order valence-corrected chi connectivity index (χ1v) is 13.6. The number of rotatable bonds is 4. The molecule has 1 aromatic carbocycles. The Morgan fingerprint density at radius 2 is 1.97 bits per heavy atom. The number of fused-ring (bicyclic) bond motifs is 1. The number of halogens is 1. The number of piperidine rings is 1. The summed E-state index contributed by atoms with van der Waals surface area (Å²) in [6.07, 6.45) is 9.87. The molecule has 1 amide bonds. The number of allylic oxidation sites excluding steroid dienone is 2. The molecule has 0 bridgehead atoms. The van der Waals surface area contributed by atoms with Crippen LogP contribution in [-0.2, 0) is 9.53 Å². The molecule has 2 fully saturated rings. The summed E-state index contributed by atoms with van der Waals surface area (Å²) in [7, 11) is 0. The Bertz CT molecular complexity index is 1240. The van der Waals surface area contributed by atoms with Crippen LogP contribution in [0.5, 0.6) is 0 Å². The average Bonchev–Trinajstić information content (AvgIpc) is 3.63. The largest absolute Gasteiger partial charge is 0.470 e. The van der Waals surface area contributed by atoms with Crippen molar-refractivity contribution < 1.29 is 13.9 Å². The van der Waals surface area contributed by atoms with Gasteiger partial charge in [0.2, 0.25) is 0 Å². The number of thiophene rings is 1. The lowest BCUT2D eigenvalue weighted by molar-refractivity contribution is -0.127. The molecule has 0 N–H and O–H groups in total. The smallest absolute Gasteiger partial charge is 0.253 e. The first-order chi connectivity index (χ1) is 17.5. The third kappa shape index (κ3) is 4.52. The molecule has 186 valence electrons. The minimum atomic E-state index is -0.319. The van der Waals surface area contributed by atoms with Gasteiger partial charge in [-0.15, -0.1) is 0 Å². The van der Waals surface area contributed by atoms with E-state index >= 15 is 0 Å². The molecule has 4 heterocycles. The molecule has 5 nitrogen and oxygen atoms in total. The zero-order valence-corrected chi connectivity index (χ0v) is 21.2. The number of benzene rings is 1. The maximum atomic E-state index is 13.7. The summed E-state index contributed by atoms with van der Waals surface area (Å²) < 4.78 is 19.2. The lowest BCUT2D eigenvalue weighted by atomic mass is 9.89. The Labute approximate surface area is 215 Å². The fraction of sp³-hybridized carbons (Fsp3) is 0.379. The lowest BCUT2D eigenvalue weighted by Crippen LogP contribution is -2.38. The van der Waals surface area contributed by atoms with E-state index in [-0.39, 0.29) is 29.8 Å². The summed E-state index contributed by atoms with van der Waals surface area (Å²) >= 11 is 1.70. The number of hydrogen-bond acceptors (Lipinski definition) is 5. The van der Waals surface area contributed by atoms with Crippen molar-refractivity contribution in [3.05, 3.63) is 93.6 Å². The predicted molar refractivity (Wildman–Crippen MR) is 141 cm³/mol. The molecule has 2 aromatic rings. The third-order valence-electron chi connectivity index (χ3n) is 7.75. The highest BCUT2D eigenvalue weighted by Gasteiger charge is 2.40. The van der Waals surface area contributed by atoms with Crippen molar-refractivity contribution in [2.45, 2.75) is 43.7 Å². The number of carbonyl (C=O) groups excluding carboxylic acids is 1. The van der Waals surface area contributed by atoms with E-state index in [0.29, 0.717) is 30.5 Å². The zero-order chi connectivity index (χ0) is 24.6. The maximum absolute atomic E-state index is 13.7. The Balaban J connectivity index is 1.17. The Morgan fingerprint density at radius 3 is 2.72 bits per heavy atom. The van der Waals surface area contributed by atoms with Gasteiger partial charge in [0.1, 0.15) is 11.9 Å². The number of amides is 1. The quantitative estimate of drug-likeness (QED) is 0.572. The number of ether oxygens (including phenoxy) is 1. The van der Waals surface area contributed by atoms with Gasteiger partial charge in [-0.2, -0.15) is 11.3 Å². The minimum Gasteiger partial charge on any atom is -0.470 e. The molecule has 1 aliphatic carbocycles. The fourth-order valence-electron chi connectivity index (χ4n) is 5.84. The maximum Gasteiger partial charge on any atom is 0.253 e. The van der Waals surface area contributed by atoms with E-state index in [9.17, 15) is 9.18 Å². The van der Waals surface area contributed by atoms with Crippen molar-refractivity contribution in [1.29, 1.82) is 0 Å². The molecule has 3 aliphatic heterocycles. The van der Waals surface area contributed by atoms with Crippen LogP contribution < -0.4 is 0 Å². The number of carbonyl (C=O) groups is 1. The highest BCUT2D eigenvalue weighted by molar-refractivity contribution is 7.08. The SMILES string of the molecule is CC1=NC2C=CC=C(C(=O)N3C/C(=C\N4CCC(c5ccc(F)cc5)CC4)C(c4ccsc4)C3)C2O1. The van der Waals surface area contributed by atoms with Crippen LogP contribution in [0.3, 0.4) is 0 Å². The van der Waals surface area contributed by atoms with Crippen LogP contribution in [-0.4, -0.2) is 59.9 Å². The van der Waals surface area contributed by atoms with Gasteiger partial charge in [0.25, 0.3) is 5.91 Å². The molecule has 6 rings (SSSR count). The average molecular weight is 504 g/mol. The van der Waals surface area contributed by atoms with Crippen molar-refractivity contribution in [3.8, 4) is 0 Å². The van der Waals surface area contributed by atoms with Crippen LogP contribution in [0.2, 0.25) is 0 Å². The monoisotopic (exact) mass is 503 g/mol. The van der Waals surface area contributed by atoms with Gasteiger partial charge in [-0.25, -0.2) is 9.38 Å². The van der Waals surface area contributed by atoms with E-state index in [4.69, 9.17) is 4.74 Å². The Morgan fingerprint density at radius 1 is 1.17 bits per heavy atom. The van der Waals surface area contributed by atoms with Crippen molar-refractivity contribution >= 4 is 23.1 Å². The van der Waals surface area contributed by atoms with Gasteiger partial charge in [-0.3, -0.25) is 4.79 Å². The van der Waals surface area contributed by atoms with Crippen molar-refractivity contribution in [2.75, 3.05) is 26.2 Å². The molecule has 0 radical (unpaired) electrons. The van der Waals surface area contributed by atoms with E-state index in [1.807, 2.05) is 42.2 Å². The van der Waals surface area contributed by atoms with Gasteiger partial charge in [-0.05, 0) is 70.5 Å². The summed E-state index contributed by atoms with van der Waals surface area (Å²) in [4.78, 5) is 22.5. The first-order valence-electron chi connectivity index (χ1n) is 12.7. The molecular weight excluding hydrogens is 473 g/mol. The van der Waals surface area contributed by atoms with Crippen LogP contribution in [0.1, 0.15) is 42.7 Å². The van der Waals surface area contributed by atoms with E-state index in [1.165, 1.54) is 16.7 Å². The molecule has 3 unspecified atom stereocenters. The molecule has 0 spiro atoms. The van der Waals surface area contributed by atoms with E-state index < -0.39 is 0 Å². The highest BCUT2D eigenvalue weighted by Crippen LogP contribution is 2.37. The van der Waals surface area contributed by atoms with Crippen LogP contribution >= 0.6 is 11.3 Å². The standard InChI is InChI=1S/C29H30FN3O2S/c1-19-31-27-4-2-3-25(28(27)35-19)29(34)33-16-23(26(17-33)22-11-14-36-18-22)15-32-12-9-21(10-13-32)20-5-7-24(30)8-6-20/h2-8,11,14-15,18,21,26-28H,9-10,12-13,16-17H2,1H3/b23-15+. The third-order valence-corrected chi connectivity index (χ3v) is 8.45. The number of aliphatic imine (C=N–C) groups is 1. The normalized spacial score (nSPS) is 27.2. The van der Waals surface area contributed by atoms with Crippen LogP contribution in [0, 0.1) is 5.82 Å². The van der Waals surface area contributed by atoms with E-state index in [2.05, 4.69) is 32.9 Å². The molecule has 4 aliphatic rings. The van der Waals surface area contributed by atoms with Gasteiger partial charge in [0.15, 0.2) is 12.0 Å². The molecule has 2 saturated heterocycles. The minimum absolute atomic E-state index is 0.0397. The Kier molecular flexibility index (Phi) is 6.25. The van der Waals surface area contributed by atoms with Gasteiger partial charge >= 0.3 is 0 Å². The summed E-state index contributed by atoms with van der Waals surface area (Å²) in [6.45, 7) is 5.05. The van der Waals surface area contributed by atoms with Crippen LogP contribution in [0.25, 0.3) is 0 Å². The van der Waals surface area contributed by atoms with Crippen molar-refractivity contribution in [3.63, 3.8) is 0 Å². The summed E-state index contributed by atoms with van der Waals surface area (Å²) in [5.74, 6) is 1.16.